The summed E-state index contributed by atoms with van der Waals surface area (Å²) < 4.78 is 24.7. The number of aliphatic hydroxyl groups excluding tert-OH is 3. The molecular weight excluding hydrogens is 299 g/mol. The van der Waals surface area contributed by atoms with Crippen molar-refractivity contribution in [1.29, 1.82) is 0 Å². The monoisotopic (exact) mass is 316 g/mol. The van der Waals surface area contributed by atoms with Crippen molar-refractivity contribution in [2.75, 3.05) is 13.2 Å². The van der Waals surface area contributed by atoms with Crippen molar-refractivity contribution in [3.05, 3.63) is 0 Å². The summed E-state index contributed by atoms with van der Waals surface area (Å²) >= 11 is 0. The zero-order valence-electron chi connectivity index (χ0n) is 10.5. The summed E-state index contributed by atoms with van der Waals surface area (Å²) in [5, 5.41) is 28.8. The standard InChI is InChI=1S/C9H17O10P/c1-4(10)2-17-9-8(13)7(12)6(11)5(19-9)3-18-20(14,15)16/h5-9,11-13H,2-3H2,1H3,(H2,14,15,16)/t5?,6-,7-,8+,9?/m0/s1. The Bertz CT molecular complexity index is 381. The van der Waals surface area contributed by atoms with Gasteiger partial charge >= 0.3 is 7.82 Å². The highest BCUT2D eigenvalue weighted by atomic mass is 31.2. The van der Waals surface area contributed by atoms with Gasteiger partial charge in [-0.1, -0.05) is 0 Å². The topological polar surface area (TPSA) is 163 Å². The van der Waals surface area contributed by atoms with Gasteiger partial charge in [0.05, 0.1) is 6.61 Å². The number of Topliss-reactive ketones (excluding diaryl/α,β-unsaturated/α-hetero) is 1. The Labute approximate surface area is 114 Å². The summed E-state index contributed by atoms with van der Waals surface area (Å²) in [6, 6.07) is 0. The first kappa shape index (κ1) is 17.6. The summed E-state index contributed by atoms with van der Waals surface area (Å²) in [6.07, 6.45) is -7.68. The number of carbonyl (C=O) groups is 1. The Morgan fingerprint density at radius 3 is 2.30 bits per heavy atom. The molecule has 1 aliphatic rings. The Kier molecular flexibility index (Phi) is 6.20. The second kappa shape index (κ2) is 7.03. The number of ketones is 1. The molecule has 1 aliphatic heterocycles. The van der Waals surface area contributed by atoms with Gasteiger partial charge in [0.15, 0.2) is 12.1 Å². The van der Waals surface area contributed by atoms with E-state index >= 15 is 0 Å². The lowest BCUT2D eigenvalue weighted by Gasteiger charge is -2.39. The van der Waals surface area contributed by atoms with E-state index < -0.39 is 51.7 Å². The third kappa shape index (κ3) is 5.17. The number of phosphoric ester groups is 1. The number of hydrogen-bond donors (Lipinski definition) is 5. The molecule has 0 spiro atoms. The van der Waals surface area contributed by atoms with Crippen LogP contribution < -0.4 is 0 Å². The van der Waals surface area contributed by atoms with Gasteiger partial charge in [-0.25, -0.2) is 4.57 Å². The molecule has 1 fully saturated rings. The molecular formula is C9H17O10P. The molecule has 0 aromatic carbocycles. The van der Waals surface area contributed by atoms with Crippen LogP contribution in [0.25, 0.3) is 0 Å². The Morgan fingerprint density at radius 2 is 1.80 bits per heavy atom. The molecule has 0 radical (unpaired) electrons. The highest BCUT2D eigenvalue weighted by molar-refractivity contribution is 7.46. The van der Waals surface area contributed by atoms with Crippen molar-refractivity contribution < 1.29 is 48.5 Å². The van der Waals surface area contributed by atoms with E-state index in [1.807, 2.05) is 0 Å². The molecule has 0 aromatic rings. The molecule has 5 atom stereocenters. The molecule has 2 unspecified atom stereocenters. The number of hydrogen-bond acceptors (Lipinski definition) is 8. The first-order valence-electron chi connectivity index (χ1n) is 5.62. The summed E-state index contributed by atoms with van der Waals surface area (Å²) in [7, 11) is -4.77. The number of rotatable bonds is 6. The van der Waals surface area contributed by atoms with Gasteiger partial charge in [0, 0.05) is 0 Å². The molecule has 10 nitrogen and oxygen atoms in total. The highest BCUT2D eigenvalue weighted by Crippen LogP contribution is 2.37. The molecule has 0 aromatic heterocycles. The van der Waals surface area contributed by atoms with E-state index in [0.717, 1.165) is 0 Å². The van der Waals surface area contributed by atoms with Crippen LogP contribution in [-0.4, -0.2) is 74.8 Å². The zero-order valence-corrected chi connectivity index (χ0v) is 11.4. The van der Waals surface area contributed by atoms with Crippen LogP contribution in [0.5, 0.6) is 0 Å². The van der Waals surface area contributed by atoms with E-state index in [4.69, 9.17) is 19.3 Å². The number of phosphoric acid groups is 1. The molecule has 0 aliphatic carbocycles. The Balaban J connectivity index is 2.65. The van der Waals surface area contributed by atoms with Crippen LogP contribution in [0.1, 0.15) is 6.92 Å². The fourth-order valence-corrected chi connectivity index (χ4v) is 1.90. The van der Waals surface area contributed by atoms with E-state index in [9.17, 15) is 24.7 Å². The van der Waals surface area contributed by atoms with Crippen LogP contribution in [0.15, 0.2) is 0 Å². The number of ether oxygens (including phenoxy) is 2. The van der Waals surface area contributed by atoms with Crippen molar-refractivity contribution >= 4 is 13.6 Å². The van der Waals surface area contributed by atoms with Crippen LogP contribution in [0.3, 0.4) is 0 Å². The smallest absolute Gasteiger partial charge is 0.387 e. The average molecular weight is 316 g/mol. The number of carbonyl (C=O) groups excluding carboxylic acids is 1. The first-order chi connectivity index (χ1) is 9.11. The van der Waals surface area contributed by atoms with Crippen LogP contribution in [0.2, 0.25) is 0 Å². The fourth-order valence-electron chi connectivity index (χ4n) is 1.56. The van der Waals surface area contributed by atoms with Gasteiger partial charge in [0.2, 0.25) is 0 Å². The maximum absolute atomic E-state index is 10.8. The minimum Gasteiger partial charge on any atom is -0.387 e. The fraction of sp³-hybridized carbons (Fsp3) is 0.889. The number of aliphatic hydroxyl groups is 3. The Morgan fingerprint density at radius 1 is 1.20 bits per heavy atom. The molecule has 1 saturated heterocycles. The normalized spacial score (nSPS) is 35.0. The van der Waals surface area contributed by atoms with Gasteiger partial charge < -0.3 is 34.6 Å². The molecule has 0 amide bonds. The van der Waals surface area contributed by atoms with Crippen molar-refractivity contribution in [3.8, 4) is 0 Å². The lowest BCUT2D eigenvalue weighted by atomic mass is 9.99. The van der Waals surface area contributed by atoms with Crippen LogP contribution in [0.4, 0.5) is 0 Å². The highest BCUT2D eigenvalue weighted by Gasteiger charge is 2.45. The van der Waals surface area contributed by atoms with E-state index in [0.29, 0.717) is 0 Å². The second-order valence-electron chi connectivity index (χ2n) is 4.31. The second-order valence-corrected chi connectivity index (χ2v) is 5.55. The predicted octanol–water partition coefficient (Wildman–Crippen LogP) is -2.49. The first-order valence-corrected chi connectivity index (χ1v) is 7.15. The summed E-state index contributed by atoms with van der Waals surface area (Å²) in [5.41, 5.74) is 0. The average Bonchev–Trinajstić information content (AvgIpc) is 2.32. The SMILES string of the molecule is CC(=O)COC1OC(COP(=O)(O)O)[C@H](O)[C@H](O)[C@H]1O. The largest absolute Gasteiger partial charge is 0.469 e. The van der Waals surface area contributed by atoms with Gasteiger partial charge in [-0.2, -0.15) is 0 Å². The van der Waals surface area contributed by atoms with E-state index in [2.05, 4.69) is 4.52 Å². The molecule has 20 heavy (non-hydrogen) atoms. The molecule has 11 heteroatoms. The summed E-state index contributed by atoms with van der Waals surface area (Å²) in [5.74, 6) is -0.357. The molecule has 0 saturated carbocycles. The van der Waals surface area contributed by atoms with Crippen LogP contribution in [-0.2, 0) is 23.4 Å². The molecule has 0 bridgehead atoms. The maximum Gasteiger partial charge on any atom is 0.469 e. The lowest BCUT2D eigenvalue weighted by molar-refractivity contribution is -0.298. The Hall–Kier alpha value is -0.420. The van der Waals surface area contributed by atoms with Gasteiger partial charge in [-0.3, -0.25) is 9.32 Å². The molecule has 1 heterocycles. The van der Waals surface area contributed by atoms with Gasteiger partial charge in [-0.15, -0.1) is 0 Å². The molecule has 118 valence electrons. The zero-order chi connectivity index (χ0) is 15.5. The van der Waals surface area contributed by atoms with Gasteiger partial charge in [-0.05, 0) is 6.92 Å². The van der Waals surface area contributed by atoms with E-state index in [-0.39, 0.29) is 5.78 Å². The van der Waals surface area contributed by atoms with E-state index in [1.54, 1.807) is 0 Å². The van der Waals surface area contributed by atoms with Crippen molar-refractivity contribution in [2.45, 2.75) is 37.6 Å². The van der Waals surface area contributed by atoms with Crippen molar-refractivity contribution in [1.82, 2.24) is 0 Å². The third-order valence-electron chi connectivity index (χ3n) is 2.53. The minimum atomic E-state index is -4.77. The quantitative estimate of drug-likeness (QED) is 0.331. The minimum absolute atomic E-state index is 0.357. The van der Waals surface area contributed by atoms with E-state index in [1.165, 1.54) is 6.92 Å². The van der Waals surface area contributed by atoms with Gasteiger partial charge in [0.25, 0.3) is 0 Å². The third-order valence-corrected chi connectivity index (χ3v) is 3.01. The molecule has 5 N–H and O–H groups in total. The van der Waals surface area contributed by atoms with Crippen LogP contribution in [0, 0.1) is 0 Å². The van der Waals surface area contributed by atoms with Gasteiger partial charge in [0.1, 0.15) is 31.0 Å². The maximum atomic E-state index is 10.8. The van der Waals surface area contributed by atoms with Crippen molar-refractivity contribution in [2.24, 2.45) is 0 Å². The molecule has 1 rings (SSSR count). The lowest BCUT2D eigenvalue weighted by Crippen LogP contribution is -2.59. The summed E-state index contributed by atoms with van der Waals surface area (Å²) in [6.45, 7) is 0.112. The van der Waals surface area contributed by atoms with Crippen LogP contribution >= 0.6 is 7.82 Å². The van der Waals surface area contributed by atoms with Crippen molar-refractivity contribution in [3.63, 3.8) is 0 Å². The summed E-state index contributed by atoms with van der Waals surface area (Å²) in [4.78, 5) is 27.9. The predicted molar refractivity (Wildman–Crippen MR) is 61.3 cm³/mol.